The van der Waals surface area contributed by atoms with E-state index >= 15 is 0 Å². The first kappa shape index (κ1) is 12.2. The molecule has 0 aliphatic carbocycles. The summed E-state index contributed by atoms with van der Waals surface area (Å²) in [6.07, 6.45) is 5.71. The zero-order chi connectivity index (χ0) is 13.9. The van der Waals surface area contributed by atoms with Crippen LogP contribution in [0.25, 0.3) is 23.2 Å². The van der Waals surface area contributed by atoms with Crippen LogP contribution in [0.1, 0.15) is 15.9 Å². The quantitative estimate of drug-likeness (QED) is 0.777. The summed E-state index contributed by atoms with van der Waals surface area (Å²) >= 11 is 0. The molecule has 2 aromatic carbocycles. The number of carbonyl (C=O) groups is 1. The van der Waals surface area contributed by atoms with E-state index in [2.05, 4.69) is 0 Å². The highest BCUT2D eigenvalue weighted by molar-refractivity contribution is 6.03. The molecule has 0 bridgehead atoms. The van der Waals surface area contributed by atoms with Crippen molar-refractivity contribution in [1.29, 1.82) is 0 Å². The van der Waals surface area contributed by atoms with E-state index in [9.17, 15) is 9.90 Å². The average molecular weight is 263 g/mol. The van der Waals surface area contributed by atoms with Crippen molar-refractivity contribution in [2.24, 2.45) is 0 Å². The van der Waals surface area contributed by atoms with Crippen LogP contribution in [0.3, 0.4) is 0 Å². The van der Waals surface area contributed by atoms with E-state index in [1.54, 1.807) is 12.1 Å². The lowest BCUT2D eigenvalue weighted by Crippen LogP contribution is -1.99. The Bertz CT molecular complexity index is 785. The van der Waals surface area contributed by atoms with E-state index in [1.165, 1.54) is 0 Å². The third-order valence-electron chi connectivity index (χ3n) is 3.20. The minimum Gasteiger partial charge on any atom is -0.478 e. The summed E-state index contributed by atoms with van der Waals surface area (Å²) in [5.41, 5.74) is 2.10. The lowest BCUT2D eigenvalue weighted by Gasteiger charge is -2.02. The minimum absolute atomic E-state index is 0.310. The Morgan fingerprint density at radius 3 is 2.55 bits per heavy atom. The van der Waals surface area contributed by atoms with Crippen LogP contribution in [0.15, 0.2) is 60.8 Å². The molecule has 3 aromatic rings. The molecule has 0 aliphatic rings. The summed E-state index contributed by atoms with van der Waals surface area (Å²) in [6, 6.07) is 17.1. The van der Waals surface area contributed by atoms with Crippen LogP contribution in [-0.4, -0.2) is 15.6 Å². The number of hydrogen-bond donors (Lipinski definition) is 1. The molecule has 1 heterocycles. The van der Waals surface area contributed by atoms with E-state index in [0.29, 0.717) is 11.1 Å². The lowest BCUT2D eigenvalue weighted by molar-refractivity contribution is 0.0698. The first-order chi connectivity index (χ1) is 9.75. The Morgan fingerprint density at radius 1 is 1.00 bits per heavy atom. The molecular weight excluding hydrogens is 250 g/mol. The molecule has 0 spiro atoms. The topological polar surface area (TPSA) is 42.2 Å². The SMILES string of the molecule is O=C(O)c1cccc2ccn(C=Cc3ccccc3)c12. The van der Waals surface area contributed by atoms with Crippen molar-refractivity contribution in [3.63, 3.8) is 0 Å². The predicted molar refractivity (Wildman–Crippen MR) is 80.6 cm³/mol. The van der Waals surface area contributed by atoms with E-state index in [4.69, 9.17) is 0 Å². The van der Waals surface area contributed by atoms with Gasteiger partial charge in [-0.25, -0.2) is 4.79 Å². The maximum Gasteiger partial charge on any atom is 0.337 e. The number of aromatic nitrogens is 1. The summed E-state index contributed by atoms with van der Waals surface area (Å²) in [4.78, 5) is 11.3. The lowest BCUT2D eigenvalue weighted by atomic mass is 10.1. The Balaban J connectivity index is 2.09. The summed E-state index contributed by atoms with van der Waals surface area (Å²) < 4.78 is 1.84. The molecule has 1 aromatic heterocycles. The first-order valence-corrected chi connectivity index (χ1v) is 6.32. The molecule has 3 nitrogen and oxygen atoms in total. The maximum atomic E-state index is 11.3. The van der Waals surface area contributed by atoms with Crippen LogP contribution in [0.2, 0.25) is 0 Å². The maximum absolute atomic E-state index is 11.3. The smallest absolute Gasteiger partial charge is 0.337 e. The van der Waals surface area contributed by atoms with Crippen molar-refractivity contribution in [3.05, 3.63) is 71.9 Å². The van der Waals surface area contributed by atoms with Crippen LogP contribution in [0.4, 0.5) is 0 Å². The first-order valence-electron chi connectivity index (χ1n) is 6.32. The molecule has 0 aliphatic heterocycles. The van der Waals surface area contributed by atoms with Crippen LogP contribution in [0.5, 0.6) is 0 Å². The van der Waals surface area contributed by atoms with E-state index < -0.39 is 5.97 Å². The average Bonchev–Trinajstić information content (AvgIpc) is 2.89. The highest BCUT2D eigenvalue weighted by atomic mass is 16.4. The molecule has 0 atom stereocenters. The summed E-state index contributed by atoms with van der Waals surface area (Å²) in [5, 5.41) is 10.2. The second kappa shape index (κ2) is 5.05. The molecule has 98 valence electrons. The van der Waals surface area contributed by atoms with Gasteiger partial charge in [-0.1, -0.05) is 42.5 Å². The van der Waals surface area contributed by atoms with Crippen LogP contribution < -0.4 is 0 Å². The van der Waals surface area contributed by atoms with Gasteiger partial charge in [-0.2, -0.15) is 0 Å². The summed E-state index contributed by atoms with van der Waals surface area (Å²) in [6.45, 7) is 0. The monoisotopic (exact) mass is 263 g/mol. The number of aromatic carboxylic acids is 1. The minimum atomic E-state index is -0.913. The Morgan fingerprint density at radius 2 is 1.80 bits per heavy atom. The number of rotatable bonds is 3. The van der Waals surface area contributed by atoms with Crippen molar-refractivity contribution >= 4 is 29.1 Å². The van der Waals surface area contributed by atoms with Gasteiger partial charge in [-0.3, -0.25) is 0 Å². The van der Waals surface area contributed by atoms with Gasteiger partial charge < -0.3 is 9.67 Å². The zero-order valence-corrected chi connectivity index (χ0v) is 10.7. The molecule has 0 radical (unpaired) electrons. The van der Waals surface area contributed by atoms with E-state index in [0.717, 1.165) is 10.9 Å². The number of para-hydroxylation sites is 1. The number of carboxylic acid groups (broad SMARTS) is 1. The van der Waals surface area contributed by atoms with Gasteiger partial charge in [0, 0.05) is 17.8 Å². The van der Waals surface area contributed by atoms with E-state index in [1.807, 2.05) is 65.5 Å². The highest BCUT2D eigenvalue weighted by Crippen LogP contribution is 2.21. The Kier molecular flexibility index (Phi) is 3.09. The van der Waals surface area contributed by atoms with Crippen LogP contribution in [0, 0.1) is 0 Å². The van der Waals surface area contributed by atoms with Crippen LogP contribution >= 0.6 is 0 Å². The van der Waals surface area contributed by atoms with Crippen LogP contribution in [-0.2, 0) is 0 Å². The number of hydrogen-bond acceptors (Lipinski definition) is 1. The fraction of sp³-hybridized carbons (Fsp3) is 0. The second-order valence-corrected chi connectivity index (χ2v) is 4.50. The molecule has 20 heavy (non-hydrogen) atoms. The molecule has 0 unspecified atom stereocenters. The molecule has 3 rings (SSSR count). The third kappa shape index (κ3) is 2.21. The second-order valence-electron chi connectivity index (χ2n) is 4.50. The van der Waals surface area contributed by atoms with Gasteiger partial charge in [0.2, 0.25) is 0 Å². The van der Waals surface area contributed by atoms with Gasteiger partial charge in [0.25, 0.3) is 0 Å². The predicted octanol–water partition coefficient (Wildman–Crippen LogP) is 3.97. The van der Waals surface area contributed by atoms with Crippen molar-refractivity contribution in [2.45, 2.75) is 0 Å². The van der Waals surface area contributed by atoms with Crippen molar-refractivity contribution in [1.82, 2.24) is 4.57 Å². The van der Waals surface area contributed by atoms with Crippen molar-refractivity contribution in [3.8, 4) is 0 Å². The molecule has 3 heteroatoms. The molecule has 0 fully saturated rings. The molecular formula is C17H13NO2. The fourth-order valence-corrected chi connectivity index (χ4v) is 2.25. The number of nitrogens with zero attached hydrogens (tertiary/aromatic N) is 1. The van der Waals surface area contributed by atoms with Gasteiger partial charge in [0.1, 0.15) is 0 Å². The Labute approximate surface area is 116 Å². The van der Waals surface area contributed by atoms with Crippen molar-refractivity contribution < 1.29 is 9.90 Å². The Hall–Kier alpha value is -2.81. The summed E-state index contributed by atoms with van der Waals surface area (Å²) in [7, 11) is 0. The third-order valence-corrected chi connectivity index (χ3v) is 3.20. The number of benzene rings is 2. The van der Waals surface area contributed by atoms with Gasteiger partial charge in [-0.05, 0) is 23.8 Å². The van der Waals surface area contributed by atoms with Gasteiger partial charge in [0.05, 0.1) is 11.1 Å². The largest absolute Gasteiger partial charge is 0.478 e. The molecule has 0 amide bonds. The molecule has 0 saturated carbocycles. The van der Waals surface area contributed by atoms with E-state index in [-0.39, 0.29) is 0 Å². The zero-order valence-electron chi connectivity index (χ0n) is 10.7. The van der Waals surface area contributed by atoms with Gasteiger partial charge in [0.15, 0.2) is 0 Å². The standard InChI is InChI=1S/C17H13NO2/c19-17(20)15-8-4-7-14-10-12-18(16(14)15)11-9-13-5-2-1-3-6-13/h1-12H,(H,19,20). The van der Waals surface area contributed by atoms with Gasteiger partial charge >= 0.3 is 5.97 Å². The fourth-order valence-electron chi connectivity index (χ4n) is 2.25. The normalized spacial score (nSPS) is 11.2. The molecule has 0 saturated heterocycles. The van der Waals surface area contributed by atoms with Gasteiger partial charge in [-0.15, -0.1) is 0 Å². The highest BCUT2D eigenvalue weighted by Gasteiger charge is 2.10. The van der Waals surface area contributed by atoms with Crippen molar-refractivity contribution in [2.75, 3.05) is 0 Å². The number of fused-ring (bicyclic) bond motifs is 1. The molecule has 1 N–H and O–H groups in total. The number of carboxylic acids is 1. The summed E-state index contributed by atoms with van der Waals surface area (Å²) in [5.74, 6) is -0.913.